The Kier molecular flexibility index (Phi) is 8.04. The Morgan fingerprint density at radius 1 is 1.21 bits per heavy atom. The van der Waals surface area contributed by atoms with E-state index >= 15 is 0 Å². The van der Waals surface area contributed by atoms with Crippen LogP contribution in [0.2, 0.25) is 0 Å². The molecule has 0 spiro atoms. The normalized spacial score (nSPS) is 16.8. The zero-order valence-electron chi connectivity index (χ0n) is 17.0. The number of nitrogens with one attached hydrogen (secondary N) is 1. The molecule has 0 aliphatic carbocycles. The number of nitrogens with zero attached hydrogens (tertiary/aromatic N) is 2. The van der Waals surface area contributed by atoms with Crippen molar-refractivity contribution < 1.29 is 17.9 Å². The summed E-state index contributed by atoms with van der Waals surface area (Å²) in [6.07, 6.45) is 0.886. The molecule has 0 bridgehead atoms. The van der Waals surface area contributed by atoms with Crippen molar-refractivity contribution in [1.82, 2.24) is 14.5 Å². The molecule has 0 atom stereocenters. The van der Waals surface area contributed by atoms with Crippen LogP contribution in [-0.2, 0) is 14.8 Å². The van der Waals surface area contributed by atoms with Gasteiger partial charge in [0, 0.05) is 49.8 Å². The Hall–Kier alpha value is -1.00. The molecule has 1 aliphatic rings. The van der Waals surface area contributed by atoms with Crippen LogP contribution in [0.1, 0.15) is 37.6 Å². The third kappa shape index (κ3) is 6.00. The molecule has 7 nitrogen and oxygen atoms in total. The van der Waals surface area contributed by atoms with Crippen molar-refractivity contribution in [3.8, 4) is 0 Å². The van der Waals surface area contributed by atoms with Crippen LogP contribution in [0, 0.1) is 0 Å². The van der Waals surface area contributed by atoms with Crippen LogP contribution < -0.4 is 4.72 Å². The summed E-state index contributed by atoms with van der Waals surface area (Å²) in [6.45, 7) is 9.97. The molecule has 1 aromatic carbocycles. The first-order valence-corrected chi connectivity index (χ1v) is 11.7. The van der Waals surface area contributed by atoms with E-state index in [0.29, 0.717) is 23.1 Å². The molecule has 1 aromatic rings. The number of hydrogen-bond acceptors (Lipinski definition) is 5. The summed E-state index contributed by atoms with van der Waals surface area (Å²) in [5.41, 5.74) is 0.417. The molecule has 1 amide bonds. The van der Waals surface area contributed by atoms with Crippen molar-refractivity contribution in [2.24, 2.45) is 0 Å². The lowest BCUT2D eigenvalue weighted by atomic mass is 10.1. The largest absolute Gasteiger partial charge is 0.383 e. The molecule has 0 radical (unpaired) electrons. The number of carbonyl (C=O) groups excluding carboxylic acids is 1. The van der Waals surface area contributed by atoms with E-state index in [-0.39, 0.29) is 29.5 Å². The highest BCUT2D eigenvalue weighted by Gasteiger charge is 2.27. The first kappa shape index (κ1) is 23.3. The summed E-state index contributed by atoms with van der Waals surface area (Å²) >= 11 is 3.40. The fraction of sp³-hybridized carbons (Fsp3) is 0.632. The minimum atomic E-state index is -3.70. The van der Waals surface area contributed by atoms with Crippen LogP contribution in [0.25, 0.3) is 0 Å². The van der Waals surface area contributed by atoms with Gasteiger partial charge in [-0.15, -0.1) is 0 Å². The summed E-state index contributed by atoms with van der Waals surface area (Å²) in [6, 6.07) is 4.53. The number of carbonyl (C=O) groups is 1. The van der Waals surface area contributed by atoms with Crippen LogP contribution in [0.4, 0.5) is 0 Å². The standard InChI is InChI=1S/C19H30BrN3O4S/c1-19(2,3)23-10-5-9-22(11-12-23)18(24)16-14-15(6-7-17(16)20)28(25,26)21-8-13-27-4/h6-7,14,21H,5,8-13H2,1-4H3. The first-order chi connectivity index (χ1) is 13.1. The van der Waals surface area contributed by atoms with E-state index < -0.39 is 10.0 Å². The molecule has 2 rings (SSSR count). The number of methoxy groups -OCH3 is 1. The average Bonchev–Trinajstić information content (AvgIpc) is 2.87. The Bertz CT molecular complexity index is 793. The van der Waals surface area contributed by atoms with Crippen LogP contribution in [0.5, 0.6) is 0 Å². The number of amides is 1. The van der Waals surface area contributed by atoms with Gasteiger partial charge in [0.2, 0.25) is 10.0 Å². The molecule has 1 heterocycles. The number of sulfonamides is 1. The van der Waals surface area contributed by atoms with Crippen LogP contribution in [0.3, 0.4) is 0 Å². The Morgan fingerprint density at radius 2 is 1.93 bits per heavy atom. The van der Waals surface area contributed by atoms with Crippen LogP contribution in [0.15, 0.2) is 27.6 Å². The summed E-state index contributed by atoms with van der Waals surface area (Å²) in [7, 11) is -2.19. The topological polar surface area (TPSA) is 78.9 Å². The zero-order chi connectivity index (χ0) is 20.9. The Labute approximate surface area is 176 Å². The monoisotopic (exact) mass is 475 g/mol. The highest BCUT2D eigenvalue weighted by molar-refractivity contribution is 9.10. The second-order valence-electron chi connectivity index (χ2n) is 7.84. The van der Waals surface area contributed by atoms with Crippen molar-refractivity contribution in [3.63, 3.8) is 0 Å². The van der Waals surface area contributed by atoms with Gasteiger partial charge in [-0.2, -0.15) is 0 Å². The third-order valence-electron chi connectivity index (χ3n) is 4.81. The molecular formula is C19H30BrN3O4S. The summed E-state index contributed by atoms with van der Waals surface area (Å²) < 4.78 is 32.9. The predicted octanol–water partition coefficient (Wildman–Crippen LogP) is 2.32. The number of rotatable bonds is 6. The highest BCUT2D eigenvalue weighted by Crippen LogP contribution is 2.24. The van der Waals surface area contributed by atoms with Crippen molar-refractivity contribution in [1.29, 1.82) is 0 Å². The van der Waals surface area contributed by atoms with Gasteiger partial charge in [-0.1, -0.05) is 0 Å². The number of benzene rings is 1. The molecule has 1 fully saturated rings. The van der Waals surface area contributed by atoms with E-state index in [4.69, 9.17) is 4.74 Å². The van der Waals surface area contributed by atoms with E-state index in [1.807, 2.05) is 0 Å². The molecule has 1 saturated heterocycles. The molecule has 0 aromatic heterocycles. The molecule has 1 aliphatic heterocycles. The maximum Gasteiger partial charge on any atom is 0.255 e. The van der Waals surface area contributed by atoms with Gasteiger partial charge in [-0.3, -0.25) is 9.69 Å². The second kappa shape index (κ2) is 9.67. The van der Waals surface area contributed by atoms with Gasteiger partial charge in [0.15, 0.2) is 0 Å². The molecule has 1 N–H and O–H groups in total. The van der Waals surface area contributed by atoms with E-state index in [9.17, 15) is 13.2 Å². The van der Waals surface area contributed by atoms with Crippen LogP contribution in [-0.4, -0.2) is 76.1 Å². The van der Waals surface area contributed by atoms with Gasteiger partial charge < -0.3 is 9.64 Å². The summed E-state index contributed by atoms with van der Waals surface area (Å²) in [4.78, 5) is 17.4. The average molecular weight is 476 g/mol. The lowest BCUT2D eigenvalue weighted by Gasteiger charge is -2.34. The fourth-order valence-corrected chi connectivity index (χ4v) is 4.61. The predicted molar refractivity (Wildman–Crippen MR) is 113 cm³/mol. The fourth-order valence-electron chi connectivity index (χ4n) is 3.16. The molecular weight excluding hydrogens is 446 g/mol. The molecule has 158 valence electrons. The van der Waals surface area contributed by atoms with Gasteiger partial charge in [-0.05, 0) is 61.3 Å². The number of ether oxygens (including phenoxy) is 1. The maximum absolute atomic E-state index is 13.1. The van der Waals surface area contributed by atoms with Crippen molar-refractivity contribution in [2.75, 3.05) is 46.4 Å². The molecule has 0 unspecified atom stereocenters. The number of hydrogen-bond donors (Lipinski definition) is 1. The highest BCUT2D eigenvalue weighted by atomic mass is 79.9. The Morgan fingerprint density at radius 3 is 2.57 bits per heavy atom. The first-order valence-electron chi connectivity index (χ1n) is 9.39. The van der Waals surface area contributed by atoms with E-state index in [0.717, 1.165) is 19.5 Å². The quantitative estimate of drug-likeness (QED) is 0.638. The van der Waals surface area contributed by atoms with Crippen LogP contribution >= 0.6 is 15.9 Å². The summed E-state index contributed by atoms with van der Waals surface area (Å²) in [5.74, 6) is -0.156. The molecule has 9 heteroatoms. The van der Waals surface area contributed by atoms with Gasteiger partial charge in [0.1, 0.15) is 0 Å². The van der Waals surface area contributed by atoms with Crippen molar-refractivity contribution in [2.45, 2.75) is 37.6 Å². The maximum atomic E-state index is 13.1. The van der Waals surface area contributed by atoms with Gasteiger partial charge in [-0.25, -0.2) is 13.1 Å². The smallest absolute Gasteiger partial charge is 0.255 e. The Balaban J connectivity index is 2.19. The van der Waals surface area contributed by atoms with Crippen molar-refractivity contribution >= 4 is 31.9 Å². The third-order valence-corrected chi connectivity index (χ3v) is 6.96. The van der Waals surface area contributed by atoms with Gasteiger partial charge >= 0.3 is 0 Å². The number of halogens is 1. The lowest BCUT2D eigenvalue weighted by molar-refractivity contribution is 0.0748. The SMILES string of the molecule is COCCNS(=O)(=O)c1ccc(Br)c(C(=O)N2CCCN(C(C)(C)C)CC2)c1. The van der Waals surface area contributed by atoms with Crippen molar-refractivity contribution in [3.05, 3.63) is 28.2 Å². The van der Waals surface area contributed by atoms with Gasteiger partial charge in [0.25, 0.3) is 5.91 Å². The van der Waals surface area contributed by atoms with Gasteiger partial charge in [0.05, 0.1) is 17.1 Å². The molecule has 0 saturated carbocycles. The minimum absolute atomic E-state index is 0.0571. The molecule has 28 heavy (non-hydrogen) atoms. The second-order valence-corrected chi connectivity index (χ2v) is 10.5. The van der Waals surface area contributed by atoms with E-state index in [1.54, 1.807) is 11.0 Å². The van der Waals surface area contributed by atoms with E-state index in [2.05, 4.69) is 46.3 Å². The lowest BCUT2D eigenvalue weighted by Crippen LogP contribution is -2.44. The zero-order valence-corrected chi connectivity index (χ0v) is 19.4. The van der Waals surface area contributed by atoms with E-state index in [1.165, 1.54) is 19.2 Å². The minimum Gasteiger partial charge on any atom is -0.383 e. The summed E-state index contributed by atoms with van der Waals surface area (Å²) in [5, 5.41) is 0.